The van der Waals surface area contributed by atoms with E-state index in [-0.39, 0.29) is 35.2 Å². The van der Waals surface area contributed by atoms with Gasteiger partial charge < -0.3 is 10.6 Å². The quantitative estimate of drug-likeness (QED) is 0.621. The summed E-state index contributed by atoms with van der Waals surface area (Å²) >= 11 is 0. The Morgan fingerprint density at radius 1 is 1.28 bits per heavy atom. The van der Waals surface area contributed by atoms with E-state index >= 15 is 0 Å². The van der Waals surface area contributed by atoms with E-state index in [1.807, 2.05) is 0 Å². The van der Waals surface area contributed by atoms with Gasteiger partial charge in [0.1, 0.15) is 0 Å². The zero-order chi connectivity index (χ0) is 17.6. The van der Waals surface area contributed by atoms with E-state index in [1.165, 1.54) is 30.3 Å². The van der Waals surface area contributed by atoms with E-state index < -0.39 is 10.0 Å². The molecule has 6 nitrogen and oxygen atoms in total. The highest BCUT2D eigenvalue weighted by Gasteiger charge is 2.27. The van der Waals surface area contributed by atoms with Crippen LogP contribution in [0.15, 0.2) is 41.8 Å². The van der Waals surface area contributed by atoms with Crippen LogP contribution in [0, 0.1) is 5.41 Å². The van der Waals surface area contributed by atoms with Crippen molar-refractivity contribution in [3.05, 3.63) is 42.5 Å². The van der Waals surface area contributed by atoms with Crippen LogP contribution < -0.4 is 15.4 Å². The molecule has 1 saturated heterocycles. The molecule has 0 spiro atoms. The topological polar surface area (TPSA) is 87.3 Å². The van der Waals surface area contributed by atoms with Gasteiger partial charge in [-0.15, -0.1) is 19.0 Å². The molecule has 3 N–H and O–H groups in total. The molecule has 0 bridgehead atoms. The maximum Gasteiger partial charge on any atom is 0.251 e. The molecule has 0 aromatic heterocycles. The maximum atomic E-state index is 12.3. The molecule has 1 aromatic rings. The molecule has 0 aliphatic carbocycles. The highest BCUT2D eigenvalue weighted by atomic mass is 35.5. The summed E-state index contributed by atoms with van der Waals surface area (Å²) in [6.07, 6.45) is 3.53. The Balaban J connectivity index is 0.00000312. The summed E-state index contributed by atoms with van der Waals surface area (Å²) in [5.41, 5.74) is 0.564. The van der Waals surface area contributed by atoms with Crippen LogP contribution in [0.4, 0.5) is 0 Å². The van der Waals surface area contributed by atoms with Crippen LogP contribution in [0.25, 0.3) is 0 Å². The third-order valence-corrected chi connectivity index (χ3v) is 5.77. The van der Waals surface area contributed by atoms with Gasteiger partial charge in [0, 0.05) is 18.7 Å². The van der Waals surface area contributed by atoms with Crippen molar-refractivity contribution in [2.24, 2.45) is 5.41 Å². The zero-order valence-corrected chi connectivity index (χ0v) is 16.0. The molecular weight excluding hydrogens is 362 g/mol. The van der Waals surface area contributed by atoms with Crippen molar-refractivity contribution in [1.82, 2.24) is 15.4 Å². The van der Waals surface area contributed by atoms with Crippen LogP contribution in [-0.2, 0) is 10.0 Å². The highest BCUT2D eigenvalue weighted by Crippen LogP contribution is 2.26. The number of hydrogen-bond acceptors (Lipinski definition) is 4. The van der Waals surface area contributed by atoms with Crippen LogP contribution >= 0.6 is 12.4 Å². The Hall–Kier alpha value is -1.41. The van der Waals surface area contributed by atoms with Crippen molar-refractivity contribution < 1.29 is 13.2 Å². The molecule has 140 valence electrons. The van der Waals surface area contributed by atoms with E-state index in [0.29, 0.717) is 12.1 Å². The molecule has 25 heavy (non-hydrogen) atoms. The molecule has 0 saturated carbocycles. The molecule has 1 aliphatic rings. The van der Waals surface area contributed by atoms with Crippen molar-refractivity contribution in [3.63, 3.8) is 0 Å². The smallest absolute Gasteiger partial charge is 0.251 e. The lowest BCUT2D eigenvalue weighted by Gasteiger charge is -2.34. The van der Waals surface area contributed by atoms with Crippen molar-refractivity contribution in [2.75, 3.05) is 26.2 Å². The van der Waals surface area contributed by atoms with E-state index in [9.17, 15) is 13.2 Å². The number of benzene rings is 1. The normalized spacial score (nSPS) is 16.5. The number of sulfonamides is 1. The van der Waals surface area contributed by atoms with E-state index in [2.05, 4.69) is 28.9 Å². The van der Waals surface area contributed by atoms with Crippen LogP contribution in [0.2, 0.25) is 0 Å². The Bertz CT molecular complexity index is 684. The second-order valence-electron chi connectivity index (χ2n) is 6.41. The fraction of sp³-hybridized carbons (Fsp3) is 0.471. The average Bonchev–Trinajstić information content (AvgIpc) is 2.59. The van der Waals surface area contributed by atoms with Gasteiger partial charge in [-0.1, -0.05) is 13.0 Å². The fourth-order valence-corrected chi connectivity index (χ4v) is 3.64. The van der Waals surface area contributed by atoms with Gasteiger partial charge in [0.15, 0.2) is 0 Å². The largest absolute Gasteiger partial charge is 0.351 e. The molecule has 2 rings (SSSR count). The first-order chi connectivity index (χ1) is 11.4. The van der Waals surface area contributed by atoms with Gasteiger partial charge in [-0.3, -0.25) is 4.79 Å². The van der Waals surface area contributed by atoms with Crippen LogP contribution in [0.1, 0.15) is 30.1 Å². The fourth-order valence-electron chi connectivity index (χ4n) is 2.64. The number of nitrogens with one attached hydrogen (secondary N) is 3. The van der Waals surface area contributed by atoms with E-state index in [0.717, 1.165) is 25.9 Å². The number of piperidine rings is 1. The van der Waals surface area contributed by atoms with Gasteiger partial charge in [-0.25, -0.2) is 13.1 Å². The summed E-state index contributed by atoms with van der Waals surface area (Å²) in [5.74, 6) is -0.183. The lowest BCUT2D eigenvalue weighted by Crippen LogP contribution is -2.42. The Morgan fingerprint density at radius 2 is 1.88 bits per heavy atom. The second kappa shape index (κ2) is 9.33. The summed E-state index contributed by atoms with van der Waals surface area (Å²) in [4.78, 5) is 12.4. The monoisotopic (exact) mass is 387 g/mol. The van der Waals surface area contributed by atoms with Gasteiger partial charge in [-0.05, 0) is 55.6 Å². The summed E-state index contributed by atoms with van der Waals surface area (Å²) in [6.45, 7) is 8.37. The number of halogens is 1. The number of rotatable bonds is 7. The van der Waals surface area contributed by atoms with Crippen LogP contribution in [-0.4, -0.2) is 40.5 Å². The molecule has 8 heteroatoms. The maximum absolute atomic E-state index is 12.3. The van der Waals surface area contributed by atoms with Gasteiger partial charge in [0.05, 0.1) is 4.90 Å². The van der Waals surface area contributed by atoms with E-state index in [1.54, 1.807) is 0 Å². The first-order valence-electron chi connectivity index (χ1n) is 8.06. The Labute approximate surface area is 155 Å². The van der Waals surface area contributed by atoms with Crippen molar-refractivity contribution in [3.8, 4) is 0 Å². The molecule has 0 atom stereocenters. The minimum atomic E-state index is -3.56. The third kappa shape index (κ3) is 6.11. The number of hydrogen-bond donors (Lipinski definition) is 3. The lowest BCUT2D eigenvalue weighted by atomic mass is 9.81. The Morgan fingerprint density at radius 3 is 2.44 bits per heavy atom. The predicted molar refractivity (Wildman–Crippen MR) is 102 cm³/mol. The number of carbonyl (C=O) groups excluding carboxylic acids is 1. The third-order valence-electron chi connectivity index (χ3n) is 4.33. The van der Waals surface area contributed by atoms with Crippen molar-refractivity contribution in [1.29, 1.82) is 0 Å². The van der Waals surface area contributed by atoms with Gasteiger partial charge in [0.2, 0.25) is 10.0 Å². The molecule has 1 amide bonds. The molecule has 1 aromatic carbocycles. The molecule has 0 radical (unpaired) electrons. The first-order valence-corrected chi connectivity index (χ1v) is 9.54. The summed E-state index contributed by atoms with van der Waals surface area (Å²) in [6, 6.07) is 5.93. The minimum absolute atomic E-state index is 0. The summed E-state index contributed by atoms with van der Waals surface area (Å²) < 4.78 is 26.4. The van der Waals surface area contributed by atoms with Crippen LogP contribution in [0.5, 0.6) is 0 Å². The highest BCUT2D eigenvalue weighted by molar-refractivity contribution is 7.89. The molecule has 1 heterocycles. The minimum Gasteiger partial charge on any atom is -0.351 e. The van der Waals surface area contributed by atoms with Gasteiger partial charge in [0.25, 0.3) is 5.91 Å². The van der Waals surface area contributed by atoms with Crippen molar-refractivity contribution in [2.45, 2.75) is 24.7 Å². The predicted octanol–water partition coefficient (Wildman–Crippen LogP) is 1.69. The van der Waals surface area contributed by atoms with Gasteiger partial charge >= 0.3 is 0 Å². The lowest BCUT2D eigenvalue weighted by molar-refractivity contribution is 0.0922. The first kappa shape index (κ1) is 21.6. The zero-order valence-electron chi connectivity index (χ0n) is 14.4. The SMILES string of the molecule is C=CCNS(=O)(=O)c1ccc(C(=O)NCC2(C)CCNCC2)cc1.Cl. The average molecular weight is 388 g/mol. The molecule has 1 aliphatic heterocycles. The summed E-state index contributed by atoms with van der Waals surface area (Å²) in [7, 11) is -3.56. The van der Waals surface area contributed by atoms with E-state index in [4.69, 9.17) is 0 Å². The summed E-state index contributed by atoms with van der Waals surface area (Å²) in [5, 5.41) is 6.27. The molecular formula is C17H26ClN3O3S. The standard InChI is InChI=1S/C17H25N3O3S.ClH/c1-3-10-20-24(22,23)15-6-4-14(5-7-15)16(21)19-13-17(2)8-11-18-12-9-17;/h3-7,18,20H,1,8-13H2,2H3,(H,19,21);1H. The molecule has 0 unspecified atom stereocenters. The van der Waals surface area contributed by atoms with Crippen molar-refractivity contribution >= 4 is 28.3 Å². The Kier molecular flexibility index (Phi) is 8.08. The second-order valence-corrected chi connectivity index (χ2v) is 8.18. The van der Waals surface area contributed by atoms with Gasteiger partial charge in [-0.2, -0.15) is 0 Å². The van der Waals surface area contributed by atoms with Crippen LogP contribution in [0.3, 0.4) is 0 Å². The molecule has 1 fully saturated rings. The number of carbonyl (C=O) groups is 1. The number of amides is 1.